The lowest BCUT2D eigenvalue weighted by Gasteiger charge is -2.30. The molecule has 1 aromatic carbocycles. The second-order valence-electron chi connectivity index (χ2n) is 11.2. The molecule has 2 aliphatic heterocycles. The average molecular weight is 603 g/mol. The van der Waals surface area contributed by atoms with Crippen LogP contribution < -0.4 is 11.1 Å². The van der Waals surface area contributed by atoms with Crippen LogP contribution in [0, 0.1) is 29.3 Å². The van der Waals surface area contributed by atoms with Gasteiger partial charge in [-0.2, -0.15) is 13.2 Å². The molecule has 230 valence electrons. The standard InChI is InChI=1S/C27H32F6N6O3/c1-13(2)23(34)25(42)38-6-3-4-20(38)24(41)35-16(8-15-9-18(29)19(30)12-17(15)28)11-21(40)14-5-7-39-22(10-14)36-37-26(39)27(31,32)33/h9,12-14,16,20,23H,3-8,10-11,34H2,1-2H3,(H,35,41). The third kappa shape index (κ3) is 6.76. The molecule has 0 saturated carbocycles. The first-order chi connectivity index (χ1) is 19.7. The summed E-state index contributed by atoms with van der Waals surface area (Å²) in [5.41, 5.74) is 5.72. The molecule has 0 spiro atoms. The van der Waals surface area contributed by atoms with Gasteiger partial charge in [-0.1, -0.05) is 13.8 Å². The highest BCUT2D eigenvalue weighted by Gasteiger charge is 2.41. The maximum Gasteiger partial charge on any atom is 0.451 e. The molecule has 1 aromatic heterocycles. The molecule has 0 aliphatic carbocycles. The Morgan fingerprint density at radius 1 is 1.05 bits per heavy atom. The number of fused-ring (bicyclic) bond motifs is 1. The fourth-order valence-electron chi connectivity index (χ4n) is 5.46. The van der Waals surface area contributed by atoms with Crippen LogP contribution in [0.15, 0.2) is 12.1 Å². The number of Topliss-reactive ketones (excluding diaryl/α,β-unsaturated/α-hetero) is 1. The van der Waals surface area contributed by atoms with Crippen LogP contribution in [-0.2, 0) is 39.9 Å². The summed E-state index contributed by atoms with van der Waals surface area (Å²) < 4.78 is 82.5. The maximum atomic E-state index is 14.5. The second kappa shape index (κ2) is 12.4. The number of benzene rings is 1. The van der Waals surface area contributed by atoms with E-state index in [9.17, 15) is 40.7 Å². The summed E-state index contributed by atoms with van der Waals surface area (Å²) in [6.45, 7) is 3.67. The van der Waals surface area contributed by atoms with Gasteiger partial charge in [0.2, 0.25) is 17.6 Å². The van der Waals surface area contributed by atoms with Crippen molar-refractivity contribution in [1.29, 1.82) is 0 Å². The first kappa shape index (κ1) is 31.4. The number of carbonyl (C=O) groups excluding carboxylic acids is 3. The van der Waals surface area contributed by atoms with Crippen molar-refractivity contribution < 1.29 is 40.7 Å². The van der Waals surface area contributed by atoms with Gasteiger partial charge in [-0.05, 0) is 43.2 Å². The van der Waals surface area contributed by atoms with E-state index in [1.54, 1.807) is 13.8 Å². The zero-order chi connectivity index (χ0) is 30.9. The summed E-state index contributed by atoms with van der Waals surface area (Å²) in [5.74, 6) is -7.37. The Kier molecular flexibility index (Phi) is 9.28. The van der Waals surface area contributed by atoms with Crippen molar-refractivity contribution in [2.75, 3.05) is 6.54 Å². The van der Waals surface area contributed by atoms with Crippen molar-refractivity contribution in [2.24, 2.45) is 17.6 Å². The van der Waals surface area contributed by atoms with E-state index in [1.165, 1.54) is 4.90 Å². The first-order valence-corrected chi connectivity index (χ1v) is 13.7. The minimum Gasteiger partial charge on any atom is -0.351 e. The molecular formula is C27H32F6N6O3. The monoisotopic (exact) mass is 602 g/mol. The molecule has 0 bridgehead atoms. The summed E-state index contributed by atoms with van der Waals surface area (Å²) in [6.07, 6.45) is -4.69. The number of alkyl halides is 3. The molecule has 3 N–H and O–H groups in total. The Morgan fingerprint density at radius 3 is 2.40 bits per heavy atom. The van der Waals surface area contributed by atoms with Crippen molar-refractivity contribution in [2.45, 2.75) is 83.2 Å². The Balaban J connectivity index is 1.53. The van der Waals surface area contributed by atoms with Gasteiger partial charge in [-0.25, -0.2) is 13.2 Å². The van der Waals surface area contributed by atoms with Crippen LogP contribution in [0.25, 0.3) is 0 Å². The van der Waals surface area contributed by atoms with Crippen LogP contribution in [0.5, 0.6) is 0 Å². The normalized spacial score (nSPS) is 20.4. The lowest BCUT2D eigenvalue weighted by molar-refractivity contribution is -0.147. The highest BCUT2D eigenvalue weighted by Crippen LogP contribution is 2.32. The van der Waals surface area contributed by atoms with Gasteiger partial charge in [0, 0.05) is 44.0 Å². The fraction of sp³-hybridized carbons (Fsp3) is 0.593. The molecule has 2 aliphatic rings. The molecule has 2 amide bonds. The molecule has 4 atom stereocenters. The minimum atomic E-state index is -4.71. The molecule has 2 aromatic rings. The number of hydrogen-bond donors (Lipinski definition) is 2. The van der Waals surface area contributed by atoms with Crippen LogP contribution in [0.4, 0.5) is 26.3 Å². The lowest BCUT2D eigenvalue weighted by Crippen LogP contribution is -2.54. The first-order valence-electron chi connectivity index (χ1n) is 13.7. The maximum absolute atomic E-state index is 14.5. The number of aromatic nitrogens is 3. The molecule has 3 heterocycles. The number of ketones is 1. The molecule has 4 rings (SSSR count). The molecule has 1 saturated heterocycles. The third-order valence-corrected chi connectivity index (χ3v) is 7.86. The van der Waals surface area contributed by atoms with Gasteiger partial charge in [0.05, 0.1) is 6.04 Å². The van der Waals surface area contributed by atoms with E-state index >= 15 is 0 Å². The number of nitrogens with zero attached hydrogens (tertiary/aromatic N) is 4. The molecule has 0 radical (unpaired) electrons. The van der Waals surface area contributed by atoms with E-state index in [0.717, 1.165) is 4.57 Å². The number of halogens is 6. The van der Waals surface area contributed by atoms with E-state index in [1.807, 2.05) is 0 Å². The van der Waals surface area contributed by atoms with Crippen LogP contribution >= 0.6 is 0 Å². The van der Waals surface area contributed by atoms with Gasteiger partial charge in [0.1, 0.15) is 23.5 Å². The number of hydrogen-bond acceptors (Lipinski definition) is 6. The van der Waals surface area contributed by atoms with Crippen LogP contribution in [0.2, 0.25) is 0 Å². The van der Waals surface area contributed by atoms with Gasteiger partial charge in [-0.3, -0.25) is 14.4 Å². The highest BCUT2D eigenvalue weighted by molar-refractivity contribution is 5.91. The number of carbonyl (C=O) groups is 3. The Morgan fingerprint density at radius 2 is 1.74 bits per heavy atom. The predicted molar refractivity (Wildman–Crippen MR) is 136 cm³/mol. The van der Waals surface area contributed by atoms with Gasteiger partial charge in [0.15, 0.2) is 11.6 Å². The average Bonchev–Trinajstić information content (AvgIpc) is 3.58. The van der Waals surface area contributed by atoms with Crippen LogP contribution in [0.3, 0.4) is 0 Å². The van der Waals surface area contributed by atoms with Crippen LogP contribution in [0.1, 0.15) is 56.7 Å². The summed E-state index contributed by atoms with van der Waals surface area (Å²) in [4.78, 5) is 40.9. The molecule has 4 unspecified atom stereocenters. The molecule has 1 fully saturated rings. The van der Waals surface area contributed by atoms with Gasteiger partial charge in [-0.15, -0.1) is 10.2 Å². The van der Waals surface area contributed by atoms with Crippen molar-refractivity contribution in [3.63, 3.8) is 0 Å². The molecule has 15 heteroatoms. The summed E-state index contributed by atoms with van der Waals surface area (Å²) in [5, 5.41) is 9.46. The molecule has 42 heavy (non-hydrogen) atoms. The minimum absolute atomic E-state index is 0.0132. The van der Waals surface area contributed by atoms with E-state index in [-0.39, 0.29) is 49.5 Å². The number of likely N-dealkylation sites (tertiary alicyclic amines) is 1. The zero-order valence-corrected chi connectivity index (χ0v) is 23.1. The van der Waals surface area contributed by atoms with Crippen molar-refractivity contribution in [1.82, 2.24) is 25.0 Å². The molecule has 9 nitrogen and oxygen atoms in total. The Bertz CT molecular complexity index is 1350. The fourth-order valence-corrected chi connectivity index (χ4v) is 5.46. The quantitative estimate of drug-likeness (QED) is 0.336. The zero-order valence-electron chi connectivity index (χ0n) is 23.1. The Hall–Kier alpha value is -3.49. The second-order valence-corrected chi connectivity index (χ2v) is 11.2. The third-order valence-electron chi connectivity index (χ3n) is 7.86. The van der Waals surface area contributed by atoms with E-state index in [2.05, 4.69) is 15.5 Å². The highest BCUT2D eigenvalue weighted by atomic mass is 19.4. The van der Waals surface area contributed by atoms with E-state index in [4.69, 9.17) is 5.73 Å². The van der Waals surface area contributed by atoms with E-state index < -0.39 is 71.1 Å². The Labute approximate surface area is 237 Å². The predicted octanol–water partition coefficient (Wildman–Crippen LogP) is 2.94. The lowest BCUT2D eigenvalue weighted by atomic mass is 9.88. The number of amides is 2. The van der Waals surface area contributed by atoms with Gasteiger partial charge < -0.3 is 20.5 Å². The summed E-state index contributed by atoms with van der Waals surface area (Å²) in [7, 11) is 0. The van der Waals surface area contributed by atoms with E-state index in [0.29, 0.717) is 31.5 Å². The van der Waals surface area contributed by atoms with Gasteiger partial charge in [0.25, 0.3) is 0 Å². The summed E-state index contributed by atoms with van der Waals surface area (Å²) in [6, 6.07) is -1.82. The van der Waals surface area contributed by atoms with Crippen molar-refractivity contribution >= 4 is 17.6 Å². The van der Waals surface area contributed by atoms with Crippen molar-refractivity contribution in [3.8, 4) is 0 Å². The van der Waals surface area contributed by atoms with Crippen LogP contribution in [-0.4, -0.2) is 61.9 Å². The number of nitrogens with two attached hydrogens (primary N) is 1. The van der Waals surface area contributed by atoms with Crippen molar-refractivity contribution in [3.05, 3.63) is 46.8 Å². The summed E-state index contributed by atoms with van der Waals surface area (Å²) >= 11 is 0. The number of nitrogens with one attached hydrogen (secondary N) is 1. The number of rotatable bonds is 9. The SMILES string of the molecule is CC(C)C(N)C(=O)N1CCCC1C(=O)NC(CC(=O)C1CCn2c(nnc2C(F)(F)F)C1)Cc1cc(F)c(F)cc1F. The topological polar surface area (TPSA) is 123 Å². The molecular weight excluding hydrogens is 570 g/mol. The van der Waals surface area contributed by atoms with Gasteiger partial charge >= 0.3 is 6.18 Å². The largest absolute Gasteiger partial charge is 0.451 e. The smallest absolute Gasteiger partial charge is 0.351 e.